The van der Waals surface area contributed by atoms with Gasteiger partial charge in [-0.25, -0.2) is 4.98 Å². The maximum atomic E-state index is 13.2. The number of nitrogens with zero attached hydrogens (tertiary/aromatic N) is 1. The van der Waals surface area contributed by atoms with Crippen LogP contribution in [0.25, 0.3) is 6.08 Å². The molecule has 0 radical (unpaired) electrons. The maximum absolute atomic E-state index is 13.2. The lowest BCUT2D eigenvalue weighted by molar-refractivity contribution is -0.154. The Morgan fingerprint density at radius 1 is 1.20 bits per heavy atom. The lowest BCUT2D eigenvalue weighted by Gasteiger charge is -2.34. The van der Waals surface area contributed by atoms with Crippen LogP contribution in [0.1, 0.15) is 78.8 Å². The van der Waals surface area contributed by atoms with Crippen LogP contribution in [-0.4, -0.2) is 51.5 Å². The molecule has 3 rings (SSSR count). The monoisotopic (exact) mass is 523 g/mol. The van der Waals surface area contributed by atoms with Gasteiger partial charge in [0, 0.05) is 11.3 Å². The number of hydrogen-bond acceptors (Lipinski definition) is 8. The first-order chi connectivity index (χ1) is 16.4. The van der Waals surface area contributed by atoms with E-state index in [2.05, 4.69) is 4.98 Å². The van der Waals surface area contributed by atoms with Gasteiger partial charge in [-0.3, -0.25) is 9.59 Å². The van der Waals surface area contributed by atoms with Crippen molar-refractivity contribution in [3.05, 3.63) is 16.6 Å². The second kappa shape index (κ2) is 11.9. The molecule has 0 amide bonds. The van der Waals surface area contributed by atoms with Gasteiger partial charge in [0.05, 0.1) is 29.7 Å². The second-order valence-electron chi connectivity index (χ2n) is 11.1. The number of Topliss-reactive ketones (excluding diaryl/α,β-unsaturated/α-hetero) is 1. The highest BCUT2D eigenvalue weighted by molar-refractivity contribution is 8.00. The number of ether oxygens (including phenoxy) is 1. The molecule has 1 aromatic rings. The molecule has 1 saturated carbocycles. The van der Waals surface area contributed by atoms with Crippen LogP contribution < -0.4 is 0 Å². The molecule has 1 aromatic heterocycles. The van der Waals surface area contributed by atoms with E-state index in [1.54, 1.807) is 43.9 Å². The molecule has 7 atom stereocenters. The Morgan fingerprint density at radius 3 is 2.57 bits per heavy atom. The molecule has 2 aliphatic rings. The first-order valence-corrected chi connectivity index (χ1v) is 14.8. The smallest absolute Gasteiger partial charge is 0.309 e. The number of fused-ring (bicyclic) bond motifs is 1. The first kappa shape index (κ1) is 28.4. The van der Waals surface area contributed by atoms with Gasteiger partial charge in [-0.15, -0.1) is 11.3 Å². The van der Waals surface area contributed by atoms with Crippen LogP contribution in [0, 0.1) is 29.1 Å². The van der Waals surface area contributed by atoms with E-state index in [1.165, 1.54) is 0 Å². The number of carbonyl (C=O) groups is 2. The summed E-state index contributed by atoms with van der Waals surface area (Å²) < 4.78 is 6.91. The molecule has 0 spiro atoms. The summed E-state index contributed by atoms with van der Waals surface area (Å²) in [6, 6.07) is 0. The molecule has 2 fully saturated rings. The zero-order chi connectivity index (χ0) is 25.9. The van der Waals surface area contributed by atoms with Gasteiger partial charge in [-0.2, -0.15) is 0 Å². The molecule has 6 nitrogen and oxygen atoms in total. The number of carbonyl (C=O) groups excluding carboxylic acids is 2. The molecule has 2 heterocycles. The number of rotatable bonds is 3. The normalized spacial score (nSPS) is 35.3. The second-order valence-corrected chi connectivity index (χ2v) is 13.0. The maximum Gasteiger partial charge on any atom is 0.309 e. The Kier molecular flexibility index (Phi) is 9.63. The summed E-state index contributed by atoms with van der Waals surface area (Å²) in [6.07, 6.45) is 6.21. The van der Waals surface area contributed by atoms with Crippen LogP contribution in [0.15, 0.2) is 15.3 Å². The van der Waals surface area contributed by atoms with Gasteiger partial charge in [0.25, 0.3) is 0 Å². The van der Waals surface area contributed by atoms with E-state index in [4.69, 9.17) is 4.74 Å². The van der Waals surface area contributed by atoms with Crippen LogP contribution in [-0.2, 0) is 14.3 Å². The zero-order valence-electron chi connectivity index (χ0n) is 21.8. The van der Waals surface area contributed by atoms with Crippen LogP contribution in [0.5, 0.6) is 0 Å². The van der Waals surface area contributed by atoms with Gasteiger partial charge in [0.2, 0.25) is 0 Å². The first-order valence-electron chi connectivity index (χ1n) is 12.7. The van der Waals surface area contributed by atoms with Crippen molar-refractivity contribution in [1.82, 2.24) is 4.98 Å². The average Bonchev–Trinajstić information content (AvgIpc) is 3.38. The summed E-state index contributed by atoms with van der Waals surface area (Å²) in [7, 11) is 0. The number of thioether (sulfide) groups is 1. The van der Waals surface area contributed by atoms with Gasteiger partial charge in [0.15, 0.2) is 0 Å². The van der Waals surface area contributed by atoms with Crippen molar-refractivity contribution in [2.24, 2.45) is 29.1 Å². The van der Waals surface area contributed by atoms with E-state index in [0.29, 0.717) is 11.8 Å². The molecule has 1 unspecified atom stereocenters. The minimum absolute atomic E-state index is 0.000763. The summed E-state index contributed by atoms with van der Waals surface area (Å²) in [5, 5.41) is 23.7. The van der Waals surface area contributed by atoms with Gasteiger partial charge < -0.3 is 14.9 Å². The molecule has 35 heavy (non-hydrogen) atoms. The van der Waals surface area contributed by atoms with Crippen molar-refractivity contribution in [2.45, 2.75) is 95.8 Å². The summed E-state index contributed by atoms with van der Waals surface area (Å²) >= 11 is 3.20. The van der Waals surface area contributed by atoms with E-state index < -0.39 is 29.5 Å². The number of cyclic esters (lactones) is 1. The Labute approximate surface area is 217 Å². The van der Waals surface area contributed by atoms with Crippen LogP contribution >= 0.6 is 23.1 Å². The van der Waals surface area contributed by atoms with Crippen molar-refractivity contribution < 1.29 is 24.5 Å². The summed E-state index contributed by atoms with van der Waals surface area (Å²) in [5.74, 6) is -0.249. The molecular formula is C27H41NO5S2. The minimum Gasteiger partial charge on any atom is -0.458 e. The number of aliphatic hydroxyl groups is 2. The molecule has 196 valence electrons. The molecule has 1 aliphatic heterocycles. The fourth-order valence-electron chi connectivity index (χ4n) is 5.20. The zero-order valence-corrected chi connectivity index (χ0v) is 23.5. The number of aliphatic hydroxyl groups excluding tert-OH is 2. The van der Waals surface area contributed by atoms with E-state index in [-0.39, 0.29) is 24.2 Å². The molecule has 0 bridgehead atoms. The quantitative estimate of drug-likeness (QED) is 0.406. The highest BCUT2D eigenvalue weighted by atomic mass is 32.2. The molecule has 1 aliphatic carbocycles. The largest absolute Gasteiger partial charge is 0.458 e. The fourth-order valence-corrected chi connectivity index (χ4v) is 6.43. The third-order valence-electron chi connectivity index (χ3n) is 7.99. The highest BCUT2D eigenvalue weighted by Crippen LogP contribution is 2.47. The lowest BCUT2D eigenvalue weighted by Crippen LogP contribution is -2.45. The topological polar surface area (TPSA) is 96.7 Å². The van der Waals surface area contributed by atoms with Crippen molar-refractivity contribution in [3.8, 4) is 0 Å². The van der Waals surface area contributed by atoms with Gasteiger partial charge in [-0.1, -0.05) is 52.3 Å². The molecule has 2 N–H and O–H groups in total. The Balaban J connectivity index is 1.81. The van der Waals surface area contributed by atoms with E-state index in [9.17, 15) is 19.8 Å². The molecule has 0 aromatic carbocycles. The van der Waals surface area contributed by atoms with E-state index >= 15 is 0 Å². The van der Waals surface area contributed by atoms with Gasteiger partial charge >= 0.3 is 5.97 Å². The number of ketones is 1. The van der Waals surface area contributed by atoms with Crippen LogP contribution in [0.4, 0.5) is 0 Å². The summed E-state index contributed by atoms with van der Waals surface area (Å²) in [4.78, 5) is 30.7. The third-order valence-corrected chi connectivity index (χ3v) is 9.87. The summed E-state index contributed by atoms with van der Waals surface area (Å²) in [6.45, 7) is 8.98. The number of aromatic nitrogens is 1. The number of thiazole rings is 1. The molecule has 1 saturated heterocycles. The minimum atomic E-state index is -1.19. The predicted molar refractivity (Wildman–Crippen MR) is 141 cm³/mol. The van der Waals surface area contributed by atoms with E-state index in [0.717, 1.165) is 47.7 Å². The van der Waals surface area contributed by atoms with Crippen molar-refractivity contribution in [2.75, 3.05) is 6.26 Å². The van der Waals surface area contributed by atoms with Crippen molar-refractivity contribution >= 4 is 40.9 Å². The third kappa shape index (κ3) is 7.18. The Morgan fingerprint density at radius 2 is 1.91 bits per heavy atom. The Bertz CT molecular complexity index is 926. The fraction of sp³-hybridized carbons (Fsp3) is 0.741. The Hall–Kier alpha value is -1.22. The van der Waals surface area contributed by atoms with Crippen LogP contribution in [0.3, 0.4) is 0 Å². The predicted octanol–water partition coefficient (Wildman–Crippen LogP) is 5.37. The number of esters is 1. The van der Waals surface area contributed by atoms with Crippen molar-refractivity contribution in [3.63, 3.8) is 0 Å². The molecule has 8 heteroatoms. The average molecular weight is 524 g/mol. The van der Waals surface area contributed by atoms with Gasteiger partial charge in [-0.05, 0) is 61.8 Å². The number of hydrogen-bond donors (Lipinski definition) is 2. The highest BCUT2D eigenvalue weighted by Gasteiger charge is 2.43. The van der Waals surface area contributed by atoms with Crippen LogP contribution in [0.2, 0.25) is 0 Å². The van der Waals surface area contributed by atoms with Crippen molar-refractivity contribution in [1.29, 1.82) is 0 Å². The van der Waals surface area contributed by atoms with Gasteiger partial charge in [0.1, 0.15) is 16.2 Å². The summed E-state index contributed by atoms with van der Waals surface area (Å²) in [5.41, 5.74) is 0.631. The lowest BCUT2D eigenvalue weighted by atomic mass is 9.73. The standard InChI is InChI=1S/C27H41NO5S2/c1-15-8-7-9-18-11-19(18)12-21(16(2)10-20-14-35-26(28-20)34-6)33-23(30)13-22(29)27(4,5)25(32)17(3)24(15)31/h10,14-15,17-19,21-22,24,29,31H,7-9,11-13H2,1-6H3/b16-10+/t15-,17+,18+,19-,21?,22-,24-/m0/s1. The SMILES string of the molecule is CSc1nc(/C=C(\C)C2C[C@@H]3C[C@H]3CCC[C@H](C)[C@H](O)[C@@H](C)C(=O)C(C)(C)[C@@H](O)CC(=O)O2)cs1. The van der Waals surface area contributed by atoms with E-state index in [1.807, 2.05) is 31.6 Å². The molecular weight excluding hydrogens is 482 g/mol.